The number of benzene rings is 1. The van der Waals surface area contributed by atoms with Gasteiger partial charge in [0, 0.05) is 21.9 Å². The Morgan fingerprint density at radius 2 is 2.14 bits per heavy atom. The lowest BCUT2D eigenvalue weighted by Gasteiger charge is -2.37. The molecular formula is C24H32FN2O6PS2. The predicted octanol–water partition coefficient (Wildman–Crippen LogP) is 5.57. The summed E-state index contributed by atoms with van der Waals surface area (Å²) in [5.74, 6) is -0.190. The number of nitrogens with one attached hydrogen (secondary N) is 1. The Morgan fingerprint density at radius 1 is 1.39 bits per heavy atom. The third-order valence-electron chi connectivity index (χ3n) is 6.34. The summed E-state index contributed by atoms with van der Waals surface area (Å²) < 4.78 is 51.7. The Morgan fingerprint density at radius 3 is 2.86 bits per heavy atom. The van der Waals surface area contributed by atoms with Crippen molar-refractivity contribution in [3.8, 4) is 0 Å². The van der Waals surface area contributed by atoms with Crippen molar-refractivity contribution in [2.45, 2.75) is 74.3 Å². The van der Waals surface area contributed by atoms with Crippen LogP contribution in [0.15, 0.2) is 53.8 Å². The van der Waals surface area contributed by atoms with Crippen LogP contribution in [0.4, 0.5) is 4.39 Å². The van der Waals surface area contributed by atoms with Crippen molar-refractivity contribution < 1.29 is 32.1 Å². The highest BCUT2D eigenvalue weighted by molar-refractivity contribution is 8.77. The van der Waals surface area contributed by atoms with Gasteiger partial charge in [0.25, 0.3) is 5.91 Å². The maximum absolute atomic E-state index is 15.9. The Balaban J connectivity index is 1.37. The van der Waals surface area contributed by atoms with Crippen LogP contribution in [0, 0.1) is 0 Å². The Labute approximate surface area is 219 Å². The van der Waals surface area contributed by atoms with Gasteiger partial charge in [0.1, 0.15) is 18.0 Å². The van der Waals surface area contributed by atoms with Crippen molar-refractivity contribution in [1.82, 2.24) is 10.2 Å². The highest BCUT2D eigenvalue weighted by Crippen LogP contribution is 2.58. The van der Waals surface area contributed by atoms with Gasteiger partial charge in [0.15, 0.2) is 11.9 Å². The smallest absolute Gasteiger partial charge is 0.346 e. The molecule has 0 saturated carbocycles. The number of phosphoric acid groups is 1. The van der Waals surface area contributed by atoms with Gasteiger partial charge in [0.2, 0.25) is 0 Å². The minimum absolute atomic E-state index is 0.0824. The topological polar surface area (TPSA) is 86.3 Å². The molecule has 1 aromatic rings. The van der Waals surface area contributed by atoms with E-state index < -0.39 is 31.9 Å². The van der Waals surface area contributed by atoms with Gasteiger partial charge in [-0.3, -0.25) is 18.4 Å². The van der Waals surface area contributed by atoms with Crippen LogP contribution in [0.2, 0.25) is 0 Å². The maximum atomic E-state index is 15.9. The largest absolute Gasteiger partial charge is 0.475 e. The number of ether oxygens (including phenoxy) is 1. The lowest BCUT2D eigenvalue weighted by Crippen LogP contribution is -2.52. The molecule has 0 bridgehead atoms. The summed E-state index contributed by atoms with van der Waals surface area (Å²) in [7, 11) is -0.498. The first-order valence-electron chi connectivity index (χ1n) is 11.8. The van der Waals surface area contributed by atoms with E-state index in [1.807, 2.05) is 29.0 Å². The fourth-order valence-corrected chi connectivity index (χ4v) is 7.99. The average molecular weight is 559 g/mol. The number of hydrogen-bond acceptors (Lipinski definition) is 9. The number of nitrogens with zero attached hydrogens (tertiary/aromatic N) is 1. The summed E-state index contributed by atoms with van der Waals surface area (Å²) in [5.41, 5.74) is -1.03. The van der Waals surface area contributed by atoms with E-state index in [1.165, 1.54) is 24.1 Å². The van der Waals surface area contributed by atoms with Gasteiger partial charge in [-0.05, 0) is 45.2 Å². The summed E-state index contributed by atoms with van der Waals surface area (Å²) in [6.45, 7) is 11.6. The first-order valence-corrected chi connectivity index (χ1v) is 15.4. The van der Waals surface area contributed by atoms with Gasteiger partial charge in [-0.25, -0.2) is 8.96 Å². The van der Waals surface area contributed by atoms with Gasteiger partial charge in [0.05, 0.1) is 13.2 Å². The highest BCUT2D eigenvalue weighted by Gasteiger charge is 2.62. The molecule has 8 nitrogen and oxygen atoms in total. The maximum Gasteiger partial charge on any atom is 0.475 e. The highest BCUT2D eigenvalue weighted by atomic mass is 33.1. The molecule has 5 atom stereocenters. The quantitative estimate of drug-likeness (QED) is 0.309. The number of hydrogen-bond donors (Lipinski definition) is 1. The molecule has 36 heavy (non-hydrogen) atoms. The van der Waals surface area contributed by atoms with Crippen LogP contribution >= 0.6 is 29.4 Å². The normalized spacial score (nSPS) is 32.5. The Kier molecular flexibility index (Phi) is 8.31. The SMILES string of the molecule is C=C1NC(=O)C=CN1[C@@H]1O[C@@H]2COP(=O)(OCCc3ccccc3SSC(C)(C)CC)O[C@H]2[C@@]1(C)F. The molecule has 0 spiro atoms. The van der Waals surface area contributed by atoms with E-state index in [2.05, 4.69) is 38.7 Å². The van der Waals surface area contributed by atoms with Crippen molar-refractivity contribution in [3.05, 3.63) is 54.5 Å². The second-order valence-electron chi connectivity index (χ2n) is 9.58. The number of phosphoric ester groups is 1. The minimum Gasteiger partial charge on any atom is -0.346 e. The van der Waals surface area contributed by atoms with Crippen molar-refractivity contribution in [3.63, 3.8) is 0 Å². The predicted molar refractivity (Wildman–Crippen MR) is 139 cm³/mol. The van der Waals surface area contributed by atoms with Gasteiger partial charge in [-0.15, -0.1) is 0 Å². The molecule has 0 aromatic heterocycles. The molecule has 1 N–H and O–H groups in total. The lowest BCUT2D eigenvalue weighted by molar-refractivity contribution is -0.119. The summed E-state index contributed by atoms with van der Waals surface area (Å²) in [6.07, 6.45) is 1.05. The second-order valence-corrected chi connectivity index (χ2v) is 14.1. The number of alkyl halides is 1. The van der Waals surface area contributed by atoms with E-state index in [9.17, 15) is 9.36 Å². The zero-order chi connectivity index (χ0) is 26.1. The van der Waals surface area contributed by atoms with Crippen LogP contribution in [0.25, 0.3) is 0 Å². The van der Waals surface area contributed by atoms with Gasteiger partial charge in [-0.1, -0.05) is 53.3 Å². The Bertz CT molecular complexity index is 1080. The van der Waals surface area contributed by atoms with Crippen LogP contribution < -0.4 is 5.32 Å². The van der Waals surface area contributed by atoms with Crippen molar-refractivity contribution in [1.29, 1.82) is 0 Å². The molecule has 198 valence electrons. The Hall–Kier alpha value is -1.33. The van der Waals surface area contributed by atoms with E-state index in [0.29, 0.717) is 6.42 Å². The summed E-state index contributed by atoms with van der Waals surface area (Å²) >= 11 is 0. The number of rotatable bonds is 9. The molecule has 1 aromatic carbocycles. The molecule has 0 radical (unpaired) electrons. The number of amides is 1. The molecule has 2 fully saturated rings. The van der Waals surface area contributed by atoms with E-state index in [-0.39, 0.29) is 29.7 Å². The summed E-state index contributed by atoms with van der Waals surface area (Å²) in [4.78, 5) is 14.0. The third-order valence-corrected chi connectivity index (χ3v) is 11.3. The average Bonchev–Trinajstić information content (AvgIpc) is 3.08. The van der Waals surface area contributed by atoms with Gasteiger partial charge < -0.3 is 15.0 Å². The first kappa shape index (κ1) is 27.7. The van der Waals surface area contributed by atoms with E-state index in [4.69, 9.17) is 18.3 Å². The molecule has 1 amide bonds. The van der Waals surface area contributed by atoms with Crippen LogP contribution in [-0.4, -0.2) is 52.9 Å². The van der Waals surface area contributed by atoms with Crippen LogP contribution in [-0.2, 0) is 34.1 Å². The molecular weight excluding hydrogens is 526 g/mol. The number of carbonyl (C=O) groups is 1. The molecule has 4 rings (SSSR count). The van der Waals surface area contributed by atoms with E-state index in [0.717, 1.165) is 16.9 Å². The number of halogens is 1. The summed E-state index contributed by atoms with van der Waals surface area (Å²) in [6, 6.07) is 7.99. The van der Waals surface area contributed by atoms with E-state index >= 15 is 4.39 Å². The monoisotopic (exact) mass is 558 g/mol. The third kappa shape index (κ3) is 6.04. The molecule has 12 heteroatoms. The second kappa shape index (κ2) is 10.8. The summed E-state index contributed by atoms with van der Waals surface area (Å²) in [5, 5.41) is 2.51. The fraction of sp³-hybridized carbons (Fsp3) is 0.542. The van der Waals surface area contributed by atoms with E-state index in [1.54, 1.807) is 10.8 Å². The standard InChI is InChI=1S/C24H32FN2O6PS2/c1-6-23(3,4)36-35-19-10-8-7-9-17(19)12-14-30-34(29)31-15-18-21(33-34)24(5,25)22(32-18)27-13-11-20(28)26-16(27)2/h7-11,13,18,21-22H,2,6,12,14-15H2,1,3-5H3,(H,26,28)/t18-,21-,22-,24-,34?/m1/s1. The molecule has 2 saturated heterocycles. The lowest BCUT2D eigenvalue weighted by atomic mass is 9.98. The molecule has 3 aliphatic rings. The zero-order valence-electron chi connectivity index (χ0n) is 20.8. The van der Waals surface area contributed by atoms with Crippen molar-refractivity contribution in [2.24, 2.45) is 0 Å². The van der Waals surface area contributed by atoms with Crippen LogP contribution in [0.3, 0.4) is 0 Å². The van der Waals surface area contributed by atoms with Gasteiger partial charge >= 0.3 is 7.82 Å². The minimum atomic E-state index is -4.01. The molecule has 3 heterocycles. The van der Waals surface area contributed by atoms with Crippen LogP contribution in [0.5, 0.6) is 0 Å². The number of carbonyl (C=O) groups excluding carboxylic acids is 1. The number of fused-ring (bicyclic) bond motifs is 1. The first-order chi connectivity index (χ1) is 16.9. The van der Waals surface area contributed by atoms with Crippen molar-refractivity contribution in [2.75, 3.05) is 13.2 Å². The van der Waals surface area contributed by atoms with Gasteiger partial charge in [-0.2, -0.15) is 0 Å². The molecule has 3 aliphatic heterocycles. The molecule has 0 aliphatic carbocycles. The zero-order valence-corrected chi connectivity index (χ0v) is 23.3. The van der Waals surface area contributed by atoms with Crippen molar-refractivity contribution >= 4 is 35.3 Å². The molecule has 1 unspecified atom stereocenters. The van der Waals surface area contributed by atoms with Crippen LogP contribution in [0.1, 0.15) is 39.7 Å². The fourth-order valence-electron chi connectivity index (χ4n) is 3.89.